The lowest BCUT2D eigenvalue weighted by Gasteiger charge is -2.27. The highest BCUT2D eigenvalue weighted by Crippen LogP contribution is 2.35. The molecular weight excluding hydrogens is 304 g/mol. The molecule has 1 N–H and O–H groups in total. The summed E-state index contributed by atoms with van der Waals surface area (Å²) < 4.78 is 11.5. The van der Waals surface area contributed by atoms with Crippen molar-refractivity contribution in [2.45, 2.75) is 64.6 Å². The van der Waals surface area contributed by atoms with Crippen LogP contribution >= 0.6 is 0 Å². The Labute approximate surface area is 144 Å². The molecule has 1 aromatic carbocycles. The molecule has 1 unspecified atom stereocenters. The van der Waals surface area contributed by atoms with E-state index in [9.17, 15) is 10.1 Å². The number of hydrogen-bond donors (Lipinski definition) is 1. The van der Waals surface area contributed by atoms with Crippen LogP contribution in [0.1, 0.15) is 58.4 Å². The van der Waals surface area contributed by atoms with Gasteiger partial charge in [-0.2, -0.15) is 5.26 Å². The van der Waals surface area contributed by atoms with Crippen molar-refractivity contribution in [2.24, 2.45) is 0 Å². The molecule has 0 aliphatic heterocycles. The Morgan fingerprint density at radius 2 is 2.08 bits per heavy atom. The van der Waals surface area contributed by atoms with Gasteiger partial charge in [0.05, 0.1) is 17.4 Å². The van der Waals surface area contributed by atoms with E-state index in [2.05, 4.69) is 11.4 Å². The average molecular weight is 330 g/mol. The summed E-state index contributed by atoms with van der Waals surface area (Å²) in [6.07, 6.45) is 4.39. The first-order chi connectivity index (χ1) is 11.5. The number of nitrogens with zero attached hydrogens (tertiary/aromatic N) is 1. The minimum Gasteiger partial charge on any atom is -0.491 e. The van der Waals surface area contributed by atoms with Crippen molar-refractivity contribution in [3.8, 4) is 11.8 Å². The first-order valence-electron chi connectivity index (χ1n) is 8.71. The Morgan fingerprint density at radius 1 is 1.38 bits per heavy atom. The molecule has 1 saturated carbocycles. The highest BCUT2D eigenvalue weighted by atomic mass is 16.5. The van der Waals surface area contributed by atoms with Crippen LogP contribution in [0.2, 0.25) is 0 Å². The summed E-state index contributed by atoms with van der Waals surface area (Å²) in [5.41, 5.74) is 0.145. The third kappa shape index (κ3) is 4.07. The second-order valence-corrected chi connectivity index (χ2v) is 6.24. The van der Waals surface area contributed by atoms with Gasteiger partial charge in [0.1, 0.15) is 17.4 Å². The number of carbonyl (C=O) groups is 1. The van der Waals surface area contributed by atoms with Crippen molar-refractivity contribution < 1.29 is 14.3 Å². The van der Waals surface area contributed by atoms with Crippen LogP contribution in [0.4, 0.5) is 5.69 Å². The van der Waals surface area contributed by atoms with Crippen LogP contribution in [-0.2, 0) is 9.53 Å². The van der Waals surface area contributed by atoms with Crippen LogP contribution in [-0.4, -0.2) is 24.2 Å². The fourth-order valence-corrected chi connectivity index (χ4v) is 3.01. The maximum atomic E-state index is 12.7. The van der Waals surface area contributed by atoms with Crippen LogP contribution < -0.4 is 10.1 Å². The molecule has 1 amide bonds. The number of benzene rings is 1. The fourth-order valence-electron chi connectivity index (χ4n) is 3.01. The van der Waals surface area contributed by atoms with E-state index in [1.54, 1.807) is 18.2 Å². The van der Waals surface area contributed by atoms with Crippen molar-refractivity contribution >= 4 is 11.6 Å². The van der Waals surface area contributed by atoms with Crippen molar-refractivity contribution in [1.29, 1.82) is 5.26 Å². The Kier molecular flexibility index (Phi) is 6.22. The first kappa shape index (κ1) is 18.3. The molecule has 1 aliphatic rings. The molecule has 0 spiro atoms. The van der Waals surface area contributed by atoms with Crippen LogP contribution in [0.3, 0.4) is 0 Å². The molecule has 130 valence electrons. The van der Waals surface area contributed by atoms with E-state index in [0.29, 0.717) is 23.6 Å². The Balaban J connectivity index is 2.17. The van der Waals surface area contributed by atoms with Crippen LogP contribution in [0.15, 0.2) is 18.2 Å². The summed E-state index contributed by atoms with van der Waals surface area (Å²) in [6, 6.07) is 7.31. The lowest BCUT2D eigenvalue weighted by molar-refractivity contribution is -0.140. The standard InChI is InChI=1S/C19H26N2O3/c1-4-14(3)24-16-8-9-17(15(12-16)13-20)21-18(22)19(23-5-2)10-6-7-11-19/h8-9,12,14H,4-7,10-11H2,1-3H3,(H,21,22). The minimum atomic E-state index is -0.757. The minimum absolute atomic E-state index is 0.0803. The number of ether oxygens (including phenoxy) is 2. The molecule has 1 fully saturated rings. The molecule has 0 heterocycles. The molecule has 0 saturated heterocycles. The van der Waals surface area contributed by atoms with Gasteiger partial charge < -0.3 is 14.8 Å². The summed E-state index contributed by atoms with van der Waals surface area (Å²) in [4.78, 5) is 12.7. The summed E-state index contributed by atoms with van der Waals surface area (Å²) >= 11 is 0. The molecular formula is C19H26N2O3. The molecule has 1 aliphatic carbocycles. The van der Waals surface area contributed by atoms with E-state index in [4.69, 9.17) is 9.47 Å². The number of rotatable bonds is 7. The summed E-state index contributed by atoms with van der Waals surface area (Å²) in [7, 11) is 0. The van der Waals surface area contributed by atoms with Gasteiger partial charge in [-0.15, -0.1) is 0 Å². The van der Waals surface area contributed by atoms with Gasteiger partial charge in [-0.25, -0.2) is 0 Å². The van der Waals surface area contributed by atoms with Gasteiger partial charge in [0.2, 0.25) is 0 Å². The third-order valence-corrected chi connectivity index (χ3v) is 4.52. The highest BCUT2D eigenvalue weighted by molar-refractivity contribution is 5.98. The van der Waals surface area contributed by atoms with E-state index in [0.717, 1.165) is 32.1 Å². The lowest BCUT2D eigenvalue weighted by Crippen LogP contribution is -2.43. The predicted molar refractivity (Wildman–Crippen MR) is 93.0 cm³/mol. The number of amides is 1. The Hall–Kier alpha value is -2.06. The molecule has 0 aromatic heterocycles. The molecule has 5 nitrogen and oxygen atoms in total. The lowest BCUT2D eigenvalue weighted by atomic mass is 10.0. The molecule has 0 bridgehead atoms. The summed E-state index contributed by atoms with van der Waals surface area (Å²) in [5, 5.41) is 12.3. The smallest absolute Gasteiger partial charge is 0.256 e. The van der Waals surface area contributed by atoms with E-state index in [1.165, 1.54) is 0 Å². The van der Waals surface area contributed by atoms with Gasteiger partial charge >= 0.3 is 0 Å². The number of anilines is 1. The largest absolute Gasteiger partial charge is 0.491 e. The molecule has 2 rings (SSSR count). The van der Waals surface area contributed by atoms with Gasteiger partial charge in [-0.1, -0.05) is 6.92 Å². The summed E-state index contributed by atoms with van der Waals surface area (Å²) in [6.45, 7) is 6.42. The van der Waals surface area contributed by atoms with E-state index >= 15 is 0 Å². The van der Waals surface area contributed by atoms with Crippen LogP contribution in [0, 0.1) is 11.3 Å². The van der Waals surface area contributed by atoms with Gasteiger partial charge in [0, 0.05) is 12.7 Å². The SMILES string of the molecule is CCOC1(C(=O)Nc2ccc(OC(C)CC)cc2C#N)CCCC1. The molecule has 24 heavy (non-hydrogen) atoms. The van der Waals surface area contributed by atoms with Gasteiger partial charge in [-0.05, 0) is 58.1 Å². The second-order valence-electron chi connectivity index (χ2n) is 6.24. The van der Waals surface area contributed by atoms with E-state index in [1.807, 2.05) is 20.8 Å². The highest BCUT2D eigenvalue weighted by Gasteiger charge is 2.42. The van der Waals surface area contributed by atoms with Gasteiger partial charge in [0.15, 0.2) is 0 Å². The maximum Gasteiger partial charge on any atom is 0.256 e. The molecule has 1 aromatic rings. The van der Waals surface area contributed by atoms with Crippen molar-refractivity contribution in [3.05, 3.63) is 23.8 Å². The van der Waals surface area contributed by atoms with Crippen LogP contribution in [0.25, 0.3) is 0 Å². The summed E-state index contributed by atoms with van der Waals surface area (Å²) in [5.74, 6) is 0.480. The van der Waals surface area contributed by atoms with Crippen molar-refractivity contribution in [2.75, 3.05) is 11.9 Å². The second kappa shape index (κ2) is 8.16. The zero-order chi connectivity index (χ0) is 17.6. The zero-order valence-electron chi connectivity index (χ0n) is 14.7. The number of nitriles is 1. The molecule has 1 atom stereocenters. The molecule has 5 heteroatoms. The third-order valence-electron chi connectivity index (χ3n) is 4.52. The predicted octanol–water partition coefficient (Wildman–Crippen LogP) is 4.02. The Bertz CT molecular complexity index is 616. The monoisotopic (exact) mass is 330 g/mol. The maximum absolute atomic E-state index is 12.7. The number of nitrogens with one attached hydrogen (secondary N) is 1. The number of hydrogen-bond acceptors (Lipinski definition) is 4. The quantitative estimate of drug-likeness (QED) is 0.819. The van der Waals surface area contributed by atoms with Crippen molar-refractivity contribution in [1.82, 2.24) is 0 Å². The fraction of sp³-hybridized carbons (Fsp3) is 0.579. The van der Waals surface area contributed by atoms with Crippen LogP contribution in [0.5, 0.6) is 5.75 Å². The zero-order valence-corrected chi connectivity index (χ0v) is 14.7. The molecule has 0 radical (unpaired) electrons. The van der Waals surface area contributed by atoms with E-state index < -0.39 is 5.60 Å². The number of carbonyl (C=O) groups excluding carboxylic acids is 1. The van der Waals surface area contributed by atoms with E-state index in [-0.39, 0.29) is 12.0 Å². The van der Waals surface area contributed by atoms with Gasteiger partial charge in [-0.3, -0.25) is 4.79 Å². The normalized spacial score (nSPS) is 17.1. The van der Waals surface area contributed by atoms with Gasteiger partial charge in [0.25, 0.3) is 5.91 Å². The average Bonchev–Trinajstić information content (AvgIpc) is 3.06. The topological polar surface area (TPSA) is 71.3 Å². The Morgan fingerprint density at radius 3 is 2.67 bits per heavy atom. The van der Waals surface area contributed by atoms with Crippen molar-refractivity contribution in [3.63, 3.8) is 0 Å². The first-order valence-corrected chi connectivity index (χ1v) is 8.71.